The molecule has 0 aromatic rings. The largest absolute Gasteiger partial charge is 0.394 e. The molecule has 13 heavy (non-hydrogen) atoms. The molecule has 0 spiro atoms. The molecule has 5 nitrogen and oxygen atoms in total. The Bertz CT molecular complexity index is 179. The van der Waals surface area contributed by atoms with Crippen molar-refractivity contribution in [3.63, 3.8) is 0 Å². The van der Waals surface area contributed by atoms with Crippen LogP contribution in [0.4, 0.5) is 0 Å². The molecule has 0 saturated heterocycles. The Hall–Kier alpha value is -0.750. The Morgan fingerprint density at radius 2 is 1.92 bits per heavy atom. The summed E-state index contributed by atoms with van der Waals surface area (Å²) in [6.07, 6.45) is -3.65. The second kappa shape index (κ2) is 5.82. The van der Waals surface area contributed by atoms with Gasteiger partial charge in [-0.25, -0.2) is 0 Å². The van der Waals surface area contributed by atoms with Crippen LogP contribution in [0.5, 0.6) is 0 Å². The van der Waals surface area contributed by atoms with Crippen LogP contribution in [-0.4, -0.2) is 51.1 Å². The number of carbonyl (C=O) groups excluding carboxylic acids is 1. The second-order valence-electron chi connectivity index (χ2n) is 2.64. The molecule has 0 fully saturated rings. The molecule has 0 unspecified atom stereocenters. The molecule has 0 aromatic heterocycles. The van der Waals surface area contributed by atoms with Crippen molar-refractivity contribution >= 4 is 5.78 Å². The molecule has 0 aromatic carbocycles. The van der Waals surface area contributed by atoms with E-state index in [2.05, 4.69) is 6.58 Å². The first kappa shape index (κ1) is 12.2. The minimum absolute atomic E-state index is 0.0869. The molecule has 0 radical (unpaired) electrons. The van der Waals surface area contributed by atoms with Gasteiger partial charge in [0.1, 0.15) is 18.3 Å². The Morgan fingerprint density at radius 3 is 2.31 bits per heavy atom. The monoisotopic (exact) mass is 190 g/mol. The molecule has 0 rings (SSSR count). The van der Waals surface area contributed by atoms with Crippen molar-refractivity contribution in [1.82, 2.24) is 0 Å². The molecule has 0 saturated carbocycles. The van der Waals surface area contributed by atoms with Crippen LogP contribution >= 0.6 is 0 Å². The first-order chi connectivity index (χ1) is 6.04. The zero-order valence-corrected chi connectivity index (χ0v) is 7.13. The summed E-state index contributed by atoms with van der Waals surface area (Å²) in [6, 6.07) is 0. The van der Waals surface area contributed by atoms with Crippen LogP contribution < -0.4 is 0 Å². The van der Waals surface area contributed by atoms with Crippen molar-refractivity contribution in [2.24, 2.45) is 0 Å². The zero-order chi connectivity index (χ0) is 10.4. The quantitative estimate of drug-likeness (QED) is 0.371. The van der Waals surface area contributed by atoms with E-state index in [9.17, 15) is 4.79 Å². The van der Waals surface area contributed by atoms with E-state index in [1.807, 2.05) is 0 Å². The molecule has 3 atom stereocenters. The van der Waals surface area contributed by atoms with Crippen molar-refractivity contribution in [3.8, 4) is 0 Å². The average molecular weight is 190 g/mol. The van der Waals surface area contributed by atoms with Gasteiger partial charge in [-0.2, -0.15) is 0 Å². The number of hydrogen-bond donors (Lipinski definition) is 4. The normalized spacial score (nSPS) is 17.5. The number of aliphatic hydroxyl groups excluding tert-OH is 4. The topological polar surface area (TPSA) is 98.0 Å². The summed E-state index contributed by atoms with van der Waals surface area (Å²) < 4.78 is 0. The van der Waals surface area contributed by atoms with E-state index >= 15 is 0 Å². The standard InChI is InChI=1S/C8H14O5/c1-2-3-5(10)7(12)8(13)6(11)4-9/h2,6-9,11-13H,1,3-4H2/t6-,7+,8-/m1/s1. The predicted octanol–water partition coefficient (Wildman–Crippen LogP) is -1.79. The lowest BCUT2D eigenvalue weighted by atomic mass is 10.0. The number of hydrogen-bond acceptors (Lipinski definition) is 5. The van der Waals surface area contributed by atoms with E-state index in [0.29, 0.717) is 0 Å². The van der Waals surface area contributed by atoms with E-state index in [1.54, 1.807) is 0 Å². The second-order valence-corrected chi connectivity index (χ2v) is 2.64. The van der Waals surface area contributed by atoms with Gasteiger partial charge in [0, 0.05) is 6.42 Å². The van der Waals surface area contributed by atoms with Crippen molar-refractivity contribution in [2.75, 3.05) is 6.61 Å². The van der Waals surface area contributed by atoms with Gasteiger partial charge in [0.2, 0.25) is 0 Å². The van der Waals surface area contributed by atoms with Crippen molar-refractivity contribution in [3.05, 3.63) is 12.7 Å². The zero-order valence-electron chi connectivity index (χ0n) is 7.13. The Balaban J connectivity index is 4.15. The number of carbonyl (C=O) groups is 1. The van der Waals surface area contributed by atoms with Gasteiger partial charge in [-0.1, -0.05) is 6.08 Å². The fourth-order valence-electron chi connectivity index (χ4n) is 0.772. The molecule has 0 aliphatic heterocycles. The third kappa shape index (κ3) is 3.65. The van der Waals surface area contributed by atoms with Crippen molar-refractivity contribution in [1.29, 1.82) is 0 Å². The van der Waals surface area contributed by atoms with Gasteiger partial charge in [0.15, 0.2) is 5.78 Å². The molecule has 0 aliphatic carbocycles. The molecule has 0 bridgehead atoms. The van der Waals surface area contributed by atoms with Crippen LogP contribution in [0.15, 0.2) is 12.7 Å². The molecule has 0 heterocycles. The Labute approximate surface area is 75.9 Å². The third-order valence-corrected chi connectivity index (χ3v) is 1.58. The van der Waals surface area contributed by atoms with Crippen LogP contribution in [-0.2, 0) is 4.79 Å². The summed E-state index contributed by atoms with van der Waals surface area (Å²) >= 11 is 0. The van der Waals surface area contributed by atoms with Crippen LogP contribution in [0, 0.1) is 0 Å². The lowest BCUT2D eigenvalue weighted by Gasteiger charge is -2.19. The summed E-state index contributed by atoms with van der Waals surface area (Å²) in [7, 11) is 0. The van der Waals surface area contributed by atoms with E-state index < -0.39 is 30.7 Å². The van der Waals surface area contributed by atoms with Crippen LogP contribution in [0.25, 0.3) is 0 Å². The van der Waals surface area contributed by atoms with Gasteiger partial charge >= 0.3 is 0 Å². The summed E-state index contributed by atoms with van der Waals surface area (Å²) in [6.45, 7) is 2.57. The van der Waals surface area contributed by atoms with Gasteiger partial charge in [0.25, 0.3) is 0 Å². The molecule has 0 aliphatic rings. The van der Waals surface area contributed by atoms with Gasteiger partial charge in [-0.05, 0) is 0 Å². The summed E-state index contributed by atoms with van der Waals surface area (Å²) in [5.41, 5.74) is 0. The van der Waals surface area contributed by atoms with Gasteiger partial charge in [-0.3, -0.25) is 4.79 Å². The average Bonchev–Trinajstić information content (AvgIpc) is 2.14. The number of Topliss-reactive ketones (excluding diaryl/α,β-unsaturated/α-hetero) is 1. The number of allylic oxidation sites excluding steroid dienone is 1. The highest BCUT2D eigenvalue weighted by Crippen LogP contribution is 2.03. The number of aliphatic hydroxyl groups is 4. The number of ketones is 1. The molecule has 4 N–H and O–H groups in total. The highest BCUT2D eigenvalue weighted by Gasteiger charge is 2.28. The molecular weight excluding hydrogens is 176 g/mol. The van der Waals surface area contributed by atoms with Crippen LogP contribution in [0.1, 0.15) is 6.42 Å². The SMILES string of the molecule is C=CCC(=O)[C@H](O)[C@H](O)[C@H](O)CO. The maximum absolute atomic E-state index is 10.9. The van der Waals surface area contributed by atoms with Gasteiger partial charge in [-0.15, -0.1) is 6.58 Å². The molecular formula is C8H14O5. The predicted molar refractivity (Wildman–Crippen MR) is 44.9 cm³/mol. The van der Waals surface area contributed by atoms with Crippen molar-refractivity contribution in [2.45, 2.75) is 24.7 Å². The van der Waals surface area contributed by atoms with Crippen molar-refractivity contribution < 1.29 is 25.2 Å². The van der Waals surface area contributed by atoms with E-state index in [1.165, 1.54) is 6.08 Å². The molecule has 0 amide bonds. The van der Waals surface area contributed by atoms with E-state index in [-0.39, 0.29) is 6.42 Å². The minimum atomic E-state index is -1.68. The first-order valence-electron chi connectivity index (χ1n) is 3.83. The highest BCUT2D eigenvalue weighted by molar-refractivity contribution is 5.84. The highest BCUT2D eigenvalue weighted by atomic mass is 16.4. The maximum atomic E-state index is 10.9. The summed E-state index contributed by atoms with van der Waals surface area (Å²) in [4.78, 5) is 10.9. The van der Waals surface area contributed by atoms with E-state index in [0.717, 1.165) is 0 Å². The number of rotatable bonds is 6. The van der Waals surface area contributed by atoms with Gasteiger partial charge in [0.05, 0.1) is 6.61 Å². The summed E-state index contributed by atoms with van der Waals surface area (Å²) in [5.74, 6) is -0.644. The molecule has 5 heteroatoms. The van der Waals surface area contributed by atoms with Crippen LogP contribution in [0.2, 0.25) is 0 Å². The molecule has 76 valence electrons. The lowest BCUT2D eigenvalue weighted by molar-refractivity contribution is -0.139. The smallest absolute Gasteiger partial charge is 0.167 e. The minimum Gasteiger partial charge on any atom is -0.394 e. The lowest BCUT2D eigenvalue weighted by Crippen LogP contribution is -2.43. The fraction of sp³-hybridized carbons (Fsp3) is 0.625. The summed E-state index contributed by atoms with van der Waals surface area (Å²) in [5, 5.41) is 35.5. The Morgan fingerprint density at radius 1 is 1.38 bits per heavy atom. The maximum Gasteiger partial charge on any atom is 0.167 e. The Kier molecular flexibility index (Phi) is 5.48. The van der Waals surface area contributed by atoms with Gasteiger partial charge < -0.3 is 20.4 Å². The third-order valence-electron chi connectivity index (χ3n) is 1.58. The fourth-order valence-corrected chi connectivity index (χ4v) is 0.772. The first-order valence-corrected chi connectivity index (χ1v) is 3.83. The van der Waals surface area contributed by atoms with E-state index in [4.69, 9.17) is 20.4 Å². The van der Waals surface area contributed by atoms with Crippen LogP contribution in [0.3, 0.4) is 0 Å².